The van der Waals surface area contributed by atoms with Crippen molar-refractivity contribution in [3.63, 3.8) is 0 Å². The van der Waals surface area contributed by atoms with Crippen molar-refractivity contribution in [2.75, 3.05) is 24.6 Å². The fourth-order valence-electron chi connectivity index (χ4n) is 2.27. The third kappa shape index (κ3) is 4.00. The second-order valence-electron chi connectivity index (χ2n) is 4.85. The first-order valence-electron chi connectivity index (χ1n) is 7.18. The summed E-state index contributed by atoms with van der Waals surface area (Å²) in [5.74, 6) is 0.801. The number of anilines is 1. The number of hydrogen-bond donors (Lipinski definition) is 0. The third-order valence-corrected chi connectivity index (χ3v) is 3.45. The van der Waals surface area contributed by atoms with Gasteiger partial charge in [-0.15, -0.1) is 0 Å². The molecule has 2 aromatic rings. The molecule has 0 radical (unpaired) electrons. The number of hydrogen-bond acceptors (Lipinski definition) is 3. The first-order chi connectivity index (χ1) is 10.2. The molecule has 0 aromatic heterocycles. The molecule has 0 saturated carbocycles. The van der Waals surface area contributed by atoms with Crippen LogP contribution in [0.2, 0.25) is 0 Å². The number of para-hydroxylation sites is 1. The van der Waals surface area contributed by atoms with Crippen molar-refractivity contribution in [1.29, 1.82) is 5.26 Å². The quantitative estimate of drug-likeness (QED) is 0.808. The average molecular weight is 280 g/mol. The van der Waals surface area contributed by atoms with Crippen molar-refractivity contribution in [3.05, 3.63) is 59.7 Å². The predicted molar refractivity (Wildman–Crippen MR) is 85.7 cm³/mol. The summed E-state index contributed by atoms with van der Waals surface area (Å²) >= 11 is 0. The highest BCUT2D eigenvalue weighted by atomic mass is 16.5. The van der Waals surface area contributed by atoms with Gasteiger partial charge in [-0.2, -0.15) is 5.26 Å². The van der Waals surface area contributed by atoms with Gasteiger partial charge in [0, 0.05) is 12.2 Å². The van der Waals surface area contributed by atoms with E-state index in [2.05, 4.69) is 49.1 Å². The van der Waals surface area contributed by atoms with Gasteiger partial charge in [-0.05, 0) is 49.7 Å². The summed E-state index contributed by atoms with van der Waals surface area (Å²) in [7, 11) is 0. The van der Waals surface area contributed by atoms with Gasteiger partial charge in [0.1, 0.15) is 12.4 Å². The largest absolute Gasteiger partial charge is 0.492 e. The molecule has 0 aliphatic heterocycles. The van der Waals surface area contributed by atoms with E-state index in [9.17, 15) is 0 Å². The first kappa shape index (κ1) is 14.9. The van der Waals surface area contributed by atoms with Crippen LogP contribution in [-0.4, -0.2) is 19.7 Å². The zero-order valence-electron chi connectivity index (χ0n) is 12.5. The second-order valence-corrected chi connectivity index (χ2v) is 4.85. The molecular weight excluding hydrogens is 260 g/mol. The van der Waals surface area contributed by atoms with Gasteiger partial charge in [0.25, 0.3) is 0 Å². The van der Waals surface area contributed by atoms with Crippen LogP contribution in [0.5, 0.6) is 5.75 Å². The van der Waals surface area contributed by atoms with Crippen LogP contribution in [-0.2, 0) is 0 Å². The Balaban J connectivity index is 1.92. The van der Waals surface area contributed by atoms with Crippen molar-refractivity contribution in [1.82, 2.24) is 0 Å². The van der Waals surface area contributed by atoms with Gasteiger partial charge in [-0.3, -0.25) is 0 Å². The first-order valence-corrected chi connectivity index (χ1v) is 7.18. The summed E-state index contributed by atoms with van der Waals surface area (Å²) in [5.41, 5.74) is 3.18. The molecule has 2 rings (SSSR count). The topological polar surface area (TPSA) is 36.3 Å². The molecule has 0 atom stereocenters. The summed E-state index contributed by atoms with van der Waals surface area (Å²) in [4.78, 5) is 2.30. The summed E-state index contributed by atoms with van der Waals surface area (Å²) < 4.78 is 5.75. The lowest BCUT2D eigenvalue weighted by molar-refractivity contribution is 0.324. The molecule has 0 aliphatic carbocycles. The molecule has 0 bridgehead atoms. The molecule has 21 heavy (non-hydrogen) atoms. The Labute approximate surface area is 126 Å². The van der Waals surface area contributed by atoms with Crippen molar-refractivity contribution in [2.45, 2.75) is 13.8 Å². The van der Waals surface area contributed by atoms with Gasteiger partial charge in [0.2, 0.25) is 0 Å². The maximum atomic E-state index is 8.76. The fraction of sp³-hybridized carbons (Fsp3) is 0.278. The molecule has 0 fully saturated rings. The lowest BCUT2D eigenvalue weighted by Crippen LogP contribution is -2.28. The molecule has 2 aromatic carbocycles. The smallest absolute Gasteiger partial charge is 0.119 e. The minimum Gasteiger partial charge on any atom is -0.492 e. The van der Waals surface area contributed by atoms with E-state index >= 15 is 0 Å². The van der Waals surface area contributed by atoms with E-state index in [1.54, 1.807) is 12.1 Å². The van der Waals surface area contributed by atoms with Crippen LogP contribution in [0.25, 0.3) is 0 Å². The molecule has 108 valence electrons. The second kappa shape index (κ2) is 7.35. The number of benzene rings is 2. The van der Waals surface area contributed by atoms with Crippen LogP contribution < -0.4 is 9.64 Å². The van der Waals surface area contributed by atoms with E-state index in [1.807, 2.05) is 12.1 Å². The van der Waals surface area contributed by atoms with Crippen LogP contribution in [0.15, 0.2) is 48.5 Å². The highest BCUT2D eigenvalue weighted by Crippen LogP contribution is 2.19. The van der Waals surface area contributed by atoms with Gasteiger partial charge >= 0.3 is 0 Å². The normalized spacial score (nSPS) is 9.95. The Morgan fingerprint density at radius 1 is 1.10 bits per heavy atom. The van der Waals surface area contributed by atoms with Crippen LogP contribution >= 0.6 is 0 Å². The average Bonchev–Trinajstić information content (AvgIpc) is 2.53. The maximum absolute atomic E-state index is 8.76. The minimum absolute atomic E-state index is 0.619. The van der Waals surface area contributed by atoms with Gasteiger partial charge in [-0.1, -0.05) is 18.2 Å². The van der Waals surface area contributed by atoms with Crippen LogP contribution in [0.1, 0.15) is 18.1 Å². The number of ether oxygens (including phenoxy) is 1. The molecule has 3 heteroatoms. The number of nitriles is 1. The predicted octanol–water partition coefficient (Wildman–Crippen LogP) is 3.77. The van der Waals surface area contributed by atoms with Crippen molar-refractivity contribution >= 4 is 5.69 Å². The molecule has 0 saturated heterocycles. The van der Waals surface area contributed by atoms with Crippen molar-refractivity contribution in [3.8, 4) is 11.8 Å². The van der Waals surface area contributed by atoms with Gasteiger partial charge < -0.3 is 9.64 Å². The Morgan fingerprint density at radius 2 is 1.81 bits per heavy atom. The van der Waals surface area contributed by atoms with E-state index in [0.29, 0.717) is 12.2 Å². The van der Waals surface area contributed by atoms with Crippen molar-refractivity contribution < 1.29 is 4.74 Å². The summed E-state index contributed by atoms with van der Waals surface area (Å²) in [5, 5.41) is 8.76. The zero-order valence-corrected chi connectivity index (χ0v) is 12.5. The SMILES string of the molecule is CCN(CCOc1ccc(C#N)cc1)c1ccccc1C. The molecule has 0 N–H and O–H groups in total. The highest BCUT2D eigenvalue weighted by Gasteiger charge is 2.06. The monoisotopic (exact) mass is 280 g/mol. The summed E-state index contributed by atoms with van der Waals surface area (Å²) in [6.45, 7) is 6.67. The highest BCUT2D eigenvalue weighted by molar-refractivity contribution is 5.52. The molecule has 0 spiro atoms. The number of nitrogens with zero attached hydrogens (tertiary/aromatic N) is 2. The van der Waals surface area contributed by atoms with Gasteiger partial charge in [0.15, 0.2) is 0 Å². The Bertz CT molecular complexity index is 614. The van der Waals surface area contributed by atoms with Crippen molar-refractivity contribution in [2.24, 2.45) is 0 Å². The van der Waals surface area contributed by atoms with E-state index in [0.717, 1.165) is 18.8 Å². The Morgan fingerprint density at radius 3 is 2.43 bits per heavy atom. The number of likely N-dealkylation sites (N-methyl/N-ethyl adjacent to an activating group) is 1. The third-order valence-electron chi connectivity index (χ3n) is 3.45. The zero-order chi connectivity index (χ0) is 15.1. The fourth-order valence-corrected chi connectivity index (χ4v) is 2.27. The van der Waals surface area contributed by atoms with Crippen LogP contribution in [0.3, 0.4) is 0 Å². The number of rotatable bonds is 6. The Kier molecular flexibility index (Phi) is 5.22. The minimum atomic E-state index is 0.619. The molecule has 0 amide bonds. The van der Waals surface area contributed by atoms with Gasteiger partial charge in [-0.25, -0.2) is 0 Å². The summed E-state index contributed by atoms with van der Waals surface area (Å²) in [6.07, 6.45) is 0. The molecule has 0 unspecified atom stereocenters. The molecule has 3 nitrogen and oxygen atoms in total. The Hall–Kier alpha value is -2.47. The lowest BCUT2D eigenvalue weighted by atomic mass is 10.2. The number of aryl methyl sites for hydroxylation is 1. The maximum Gasteiger partial charge on any atom is 0.119 e. The van der Waals surface area contributed by atoms with E-state index < -0.39 is 0 Å². The lowest BCUT2D eigenvalue weighted by Gasteiger charge is -2.24. The molecule has 0 aliphatic rings. The van der Waals surface area contributed by atoms with E-state index in [4.69, 9.17) is 10.00 Å². The van der Waals surface area contributed by atoms with Crippen LogP contribution in [0, 0.1) is 18.3 Å². The van der Waals surface area contributed by atoms with Gasteiger partial charge in [0.05, 0.1) is 18.2 Å². The standard InChI is InChI=1S/C18H20N2O/c1-3-20(18-7-5-4-6-15(18)2)12-13-21-17-10-8-16(14-19)9-11-17/h4-11H,3,12-13H2,1-2H3. The molecular formula is C18H20N2O. The molecule has 0 heterocycles. The summed E-state index contributed by atoms with van der Waals surface area (Å²) in [6, 6.07) is 17.7. The van der Waals surface area contributed by atoms with Crippen LogP contribution in [0.4, 0.5) is 5.69 Å². The van der Waals surface area contributed by atoms with E-state index in [1.165, 1.54) is 11.3 Å². The van der Waals surface area contributed by atoms with E-state index in [-0.39, 0.29) is 0 Å².